The van der Waals surface area contributed by atoms with Crippen molar-refractivity contribution < 1.29 is 4.39 Å². The molecule has 0 amide bonds. The Kier molecular flexibility index (Phi) is 3.00. The Bertz CT molecular complexity index is 897. The summed E-state index contributed by atoms with van der Waals surface area (Å²) in [5, 5.41) is 2.04. The van der Waals surface area contributed by atoms with Gasteiger partial charge in [-0.05, 0) is 41.9 Å². The second kappa shape index (κ2) is 4.56. The van der Waals surface area contributed by atoms with E-state index in [4.69, 9.17) is 23.8 Å². The standard InChI is InChI=1S/C12H6ClFN2OS2/c13-6-1-2-9(7(14)5-6)16-11(17)10-8(3-4-19-10)15-12(16)18/h1-5H,(H,15,18). The van der Waals surface area contributed by atoms with E-state index in [9.17, 15) is 9.18 Å². The third-order valence-electron chi connectivity index (χ3n) is 2.66. The summed E-state index contributed by atoms with van der Waals surface area (Å²) in [5.74, 6) is -0.593. The average molecular weight is 313 g/mol. The van der Waals surface area contributed by atoms with Crippen molar-refractivity contribution in [3.8, 4) is 5.69 Å². The van der Waals surface area contributed by atoms with Crippen LogP contribution in [-0.4, -0.2) is 9.55 Å². The molecule has 7 heteroatoms. The summed E-state index contributed by atoms with van der Waals surface area (Å²) in [4.78, 5) is 15.2. The molecule has 3 rings (SSSR count). The van der Waals surface area contributed by atoms with Gasteiger partial charge in [0.25, 0.3) is 5.56 Å². The Morgan fingerprint density at radius 3 is 2.89 bits per heavy atom. The van der Waals surface area contributed by atoms with Gasteiger partial charge in [-0.3, -0.25) is 4.79 Å². The summed E-state index contributed by atoms with van der Waals surface area (Å²) in [5.41, 5.74) is 0.409. The predicted octanol–water partition coefficient (Wildman–Crippen LogP) is 3.90. The zero-order chi connectivity index (χ0) is 13.6. The molecule has 1 aromatic carbocycles. The molecule has 0 spiro atoms. The van der Waals surface area contributed by atoms with Crippen LogP contribution in [0.5, 0.6) is 0 Å². The molecular formula is C12H6ClFN2OS2. The van der Waals surface area contributed by atoms with Gasteiger partial charge in [0.1, 0.15) is 10.5 Å². The molecule has 0 atom stereocenters. The fourth-order valence-electron chi connectivity index (χ4n) is 1.82. The van der Waals surface area contributed by atoms with Gasteiger partial charge in [0, 0.05) is 5.02 Å². The highest BCUT2D eigenvalue weighted by atomic mass is 35.5. The van der Waals surface area contributed by atoms with Gasteiger partial charge in [-0.2, -0.15) is 0 Å². The van der Waals surface area contributed by atoms with Crippen molar-refractivity contribution in [1.82, 2.24) is 9.55 Å². The van der Waals surface area contributed by atoms with Gasteiger partial charge < -0.3 is 4.98 Å². The molecule has 2 aromatic heterocycles. The van der Waals surface area contributed by atoms with E-state index in [0.717, 1.165) is 10.6 Å². The largest absolute Gasteiger partial charge is 0.331 e. The number of fused-ring (bicyclic) bond motifs is 1. The van der Waals surface area contributed by atoms with Crippen LogP contribution in [0.15, 0.2) is 34.4 Å². The molecule has 0 fully saturated rings. The van der Waals surface area contributed by atoms with E-state index in [-0.39, 0.29) is 21.0 Å². The number of H-pyrrole nitrogens is 1. The highest BCUT2D eigenvalue weighted by Gasteiger charge is 2.12. The Morgan fingerprint density at radius 2 is 2.16 bits per heavy atom. The summed E-state index contributed by atoms with van der Waals surface area (Å²) in [6.45, 7) is 0. The first-order valence-electron chi connectivity index (χ1n) is 5.26. The summed E-state index contributed by atoms with van der Waals surface area (Å²) >= 11 is 12.1. The van der Waals surface area contributed by atoms with Crippen LogP contribution in [-0.2, 0) is 0 Å². The van der Waals surface area contributed by atoms with Gasteiger partial charge in [0.05, 0.1) is 11.2 Å². The molecule has 0 unspecified atom stereocenters. The van der Waals surface area contributed by atoms with Crippen LogP contribution in [0.4, 0.5) is 4.39 Å². The van der Waals surface area contributed by atoms with Crippen molar-refractivity contribution in [3.63, 3.8) is 0 Å². The van der Waals surface area contributed by atoms with Crippen LogP contribution in [0.2, 0.25) is 5.02 Å². The molecule has 0 radical (unpaired) electrons. The van der Waals surface area contributed by atoms with Crippen molar-refractivity contribution in [3.05, 3.63) is 55.6 Å². The number of aromatic amines is 1. The molecule has 19 heavy (non-hydrogen) atoms. The van der Waals surface area contributed by atoms with E-state index < -0.39 is 5.82 Å². The maximum Gasteiger partial charge on any atom is 0.276 e. The first-order valence-corrected chi connectivity index (χ1v) is 6.92. The molecule has 3 nitrogen and oxygen atoms in total. The van der Waals surface area contributed by atoms with Crippen LogP contribution in [0, 0.1) is 10.6 Å². The molecule has 0 aliphatic rings. The molecule has 0 saturated carbocycles. The van der Waals surface area contributed by atoms with Crippen LogP contribution in [0.3, 0.4) is 0 Å². The van der Waals surface area contributed by atoms with E-state index in [1.807, 2.05) is 0 Å². The fourth-order valence-corrected chi connectivity index (χ4v) is 3.05. The molecule has 96 valence electrons. The molecule has 1 N–H and O–H groups in total. The minimum absolute atomic E-state index is 0.0888. The quantitative estimate of drug-likeness (QED) is 0.692. The van der Waals surface area contributed by atoms with Gasteiger partial charge >= 0.3 is 0 Å². The van der Waals surface area contributed by atoms with E-state index >= 15 is 0 Å². The topological polar surface area (TPSA) is 37.8 Å². The summed E-state index contributed by atoms with van der Waals surface area (Å²) < 4.78 is 15.7. The second-order valence-electron chi connectivity index (χ2n) is 3.83. The van der Waals surface area contributed by atoms with E-state index in [1.165, 1.54) is 23.5 Å². The van der Waals surface area contributed by atoms with Crippen molar-refractivity contribution in [2.75, 3.05) is 0 Å². The number of nitrogens with zero attached hydrogens (tertiary/aromatic N) is 1. The van der Waals surface area contributed by atoms with Crippen LogP contribution >= 0.6 is 35.2 Å². The lowest BCUT2D eigenvalue weighted by Crippen LogP contribution is -2.20. The first-order chi connectivity index (χ1) is 9.08. The maximum atomic E-state index is 13.9. The number of rotatable bonds is 1. The third kappa shape index (κ3) is 2.01. The lowest BCUT2D eigenvalue weighted by Gasteiger charge is -2.07. The SMILES string of the molecule is O=c1c2sccc2[nH]c(=S)n1-c1ccc(Cl)cc1F. The smallest absolute Gasteiger partial charge is 0.276 e. The zero-order valence-corrected chi connectivity index (χ0v) is 11.7. The molecule has 3 aromatic rings. The molecular weight excluding hydrogens is 307 g/mol. The number of nitrogens with one attached hydrogen (secondary N) is 1. The molecule has 0 bridgehead atoms. The lowest BCUT2D eigenvalue weighted by molar-refractivity contribution is 0.615. The van der Waals surface area contributed by atoms with Crippen LogP contribution in [0.25, 0.3) is 15.9 Å². The maximum absolute atomic E-state index is 13.9. The highest BCUT2D eigenvalue weighted by molar-refractivity contribution is 7.71. The Labute approximate surface area is 120 Å². The van der Waals surface area contributed by atoms with Crippen molar-refractivity contribution >= 4 is 45.4 Å². The fraction of sp³-hybridized carbons (Fsp3) is 0. The summed E-state index contributed by atoms with van der Waals surface area (Å²) in [7, 11) is 0. The lowest BCUT2D eigenvalue weighted by atomic mass is 10.3. The number of aromatic nitrogens is 2. The number of halogens is 2. The van der Waals surface area contributed by atoms with E-state index in [1.54, 1.807) is 11.4 Å². The van der Waals surface area contributed by atoms with Crippen LogP contribution < -0.4 is 5.56 Å². The Balaban J connectivity index is 2.42. The van der Waals surface area contributed by atoms with Gasteiger partial charge in [-0.15, -0.1) is 11.3 Å². The highest BCUT2D eigenvalue weighted by Crippen LogP contribution is 2.20. The normalized spacial score (nSPS) is 11.1. The van der Waals surface area contributed by atoms with Crippen molar-refractivity contribution in [1.29, 1.82) is 0 Å². The molecule has 0 saturated heterocycles. The molecule has 2 heterocycles. The van der Waals surface area contributed by atoms with Crippen LogP contribution in [0.1, 0.15) is 0 Å². The van der Waals surface area contributed by atoms with Gasteiger partial charge in [0.15, 0.2) is 4.77 Å². The monoisotopic (exact) mass is 312 g/mol. The van der Waals surface area contributed by atoms with Crippen molar-refractivity contribution in [2.45, 2.75) is 0 Å². The number of hydrogen-bond acceptors (Lipinski definition) is 3. The van der Waals surface area contributed by atoms with E-state index in [2.05, 4.69) is 4.98 Å². The predicted molar refractivity (Wildman–Crippen MR) is 77.6 cm³/mol. The van der Waals surface area contributed by atoms with Gasteiger partial charge in [-0.25, -0.2) is 8.96 Å². The second-order valence-corrected chi connectivity index (χ2v) is 5.57. The van der Waals surface area contributed by atoms with E-state index in [0.29, 0.717) is 10.2 Å². The minimum atomic E-state index is -0.593. The zero-order valence-electron chi connectivity index (χ0n) is 9.31. The Hall–Kier alpha value is -1.50. The third-order valence-corrected chi connectivity index (χ3v) is 4.08. The van der Waals surface area contributed by atoms with Crippen molar-refractivity contribution in [2.24, 2.45) is 0 Å². The summed E-state index contributed by atoms with van der Waals surface area (Å²) in [6.07, 6.45) is 0. The minimum Gasteiger partial charge on any atom is -0.331 e. The Morgan fingerprint density at radius 1 is 1.37 bits per heavy atom. The number of thiophene rings is 1. The van der Waals surface area contributed by atoms with Gasteiger partial charge in [0.2, 0.25) is 0 Å². The summed E-state index contributed by atoms with van der Waals surface area (Å²) in [6, 6.07) is 5.86. The first kappa shape index (κ1) is 12.5. The number of benzene rings is 1. The number of hydrogen-bond donors (Lipinski definition) is 1. The molecule has 0 aliphatic carbocycles. The molecule has 0 aliphatic heterocycles. The average Bonchev–Trinajstić information content (AvgIpc) is 2.80. The van der Waals surface area contributed by atoms with Gasteiger partial charge in [-0.1, -0.05) is 11.6 Å².